The van der Waals surface area contributed by atoms with Gasteiger partial charge >= 0.3 is 0 Å². The Balaban J connectivity index is 3.11. The van der Waals surface area contributed by atoms with Gasteiger partial charge in [-0.15, -0.1) is 6.58 Å². The average molecular weight is 266 g/mol. The SMILES string of the molecule is C=CCCCCCCCCCCC(O)CC/C=C/C. The van der Waals surface area contributed by atoms with E-state index in [4.69, 9.17) is 0 Å². The van der Waals surface area contributed by atoms with Gasteiger partial charge in [-0.05, 0) is 39.0 Å². The summed E-state index contributed by atoms with van der Waals surface area (Å²) >= 11 is 0. The minimum atomic E-state index is -0.0879. The van der Waals surface area contributed by atoms with E-state index in [1.165, 1.54) is 57.8 Å². The number of allylic oxidation sites excluding steroid dienone is 3. The molecule has 0 saturated carbocycles. The summed E-state index contributed by atoms with van der Waals surface area (Å²) in [6.45, 7) is 5.77. The third-order valence-corrected chi connectivity index (χ3v) is 3.60. The van der Waals surface area contributed by atoms with Crippen molar-refractivity contribution >= 4 is 0 Å². The highest BCUT2D eigenvalue weighted by molar-refractivity contribution is 4.77. The van der Waals surface area contributed by atoms with Gasteiger partial charge in [0.15, 0.2) is 0 Å². The summed E-state index contributed by atoms with van der Waals surface area (Å²) in [4.78, 5) is 0. The lowest BCUT2D eigenvalue weighted by Gasteiger charge is -2.08. The minimum absolute atomic E-state index is 0.0879. The largest absolute Gasteiger partial charge is 0.393 e. The van der Waals surface area contributed by atoms with E-state index in [2.05, 4.69) is 18.7 Å². The van der Waals surface area contributed by atoms with E-state index in [0.29, 0.717) is 0 Å². The molecule has 0 rings (SSSR count). The number of unbranched alkanes of at least 4 members (excludes halogenated alkanes) is 8. The van der Waals surface area contributed by atoms with Crippen LogP contribution in [0.2, 0.25) is 0 Å². The van der Waals surface area contributed by atoms with Gasteiger partial charge in [0.1, 0.15) is 0 Å². The van der Waals surface area contributed by atoms with Crippen molar-refractivity contribution < 1.29 is 5.11 Å². The Morgan fingerprint density at radius 1 is 0.842 bits per heavy atom. The Labute approximate surface area is 120 Å². The van der Waals surface area contributed by atoms with Crippen molar-refractivity contribution in [2.75, 3.05) is 0 Å². The molecule has 0 aromatic carbocycles. The van der Waals surface area contributed by atoms with E-state index in [1.54, 1.807) is 0 Å². The first kappa shape index (κ1) is 18.4. The van der Waals surface area contributed by atoms with Crippen molar-refractivity contribution in [1.29, 1.82) is 0 Å². The molecule has 0 aliphatic carbocycles. The van der Waals surface area contributed by atoms with Crippen LogP contribution in [0.1, 0.15) is 84.0 Å². The normalized spacial score (nSPS) is 12.9. The first-order chi connectivity index (χ1) is 9.31. The van der Waals surface area contributed by atoms with Crippen LogP contribution >= 0.6 is 0 Å². The molecule has 112 valence electrons. The standard InChI is InChI=1S/C18H34O/c1-3-5-7-8-9-10-11-12-13-15-17-18(19)16-14-6-4-2/h3-4,6,18-19H,1,5,7-17H2,2H3/b6-4+. The van der Waals surface area contributed by atoms with Crippen LogP contribution in [0.3, 0.4) is 0 Å². The van der Waals surface area contributed by atoms with Gasteiger partial charge in [-0.3, -0.25) is 0 Å². The molecular formula is C18H34O. The zero-order valence-electron chi connectivity index (χ0n) is 12.9. The summed E-state index contributed by atoms with van der Waals surface area (Å²) in [6, 6.07) is 0. The van der Waals surface area contributed by atoms with Gasteiger partial charge in [0.25, 0.3) is 0 Å². The molecule has 0 saturated heterocycles. The minimum Gasteiger partial charge on any atom is -0.393 e. The monoisotopic (exact) mass is 266 g/mol. The number of hydrogen-bond acceptors (Lipinski definition) is 1. The highest BCUT2D eigenvalue weighted by Gasteiger charge is 2.02. The number of rotatable bonds is 14. The van der Waals surface area contributed by atoms with Crippen molar-refractivity contribution in [3.05, 3.63) is 24.8 Å². The fourth-order valence-corrected chi connectivity index (χ4v) is 2.33. The van der Waals surface area contributed by atoms with Gasteiger partial charge in [0, 0.05) is 0 Å². The molecule has 0 radical (unpaired) electrons. The summed E-state index contributed by atoms with van der Waals surface area (Å²) in [5, 5.41) is 9.76. The molecule has 0 aromatic rings. The molecule has 1 atom stereocenters. The summed E-state index contributed by atoms with van der Waals surface area (Å²) in [7, 11) is 0. The summed E-state index contributed by atoms with van der Waals surface area (Å²) in [6.07, 6.45) is 20.8. The lowest BCUT2D eigenvalue weighted by molar-refractivity contribution is 0.152. The molecule has 0 amide bonds. The van der Waals surface area contributed by atoms with Crippen molar-refractivity contribution in [2.24, 2.45) is 0 Å². The van der Waals surface area contributed by atoms with Crippen LogP contribution in [0.4, 0.5) is 0 Å². The Bertz CT molecular complexity index is 208. The molecule has 0 aromatic heterocycles. The Kier molecular flexibility index (Phi) is 15.0. The maximum absolute atomic E-state index is 9.76. The zero-order valence-corrected chi connectivity index (χ0v) is 12.9. The molecule has 1 N–H and O–H groups in total. The van der Waals surface area contributed by atoms with Crippen LogP contribution in [0, 0.1) is 0 Å². The van der Waals surface area contributed by atoms with Gasteiger partial charge in [0.2, 0.25) is 0 Å². The predicted molar refractivity (Wildman–Crippen MR) is 86.4 cm³/mol. The van der Waals surface area contributed by atoms with Crippen molar-refractivity contribution in [3.63, 3.8) is 0 Å². The van der Waals surface area contributed by atoms with Crippen LogP contribution in [0.15, 0.2) is 24.8 Å². The van der Waals surface area contributed by atoms with Crippen LogP contribution in [0.5, 0.6) is 0 Å². The third-order valence-electron chi connectivity index (χ3n) is 3.60. The number of hydrogen-bond donors (Lipinski definition) is 1. The van der Waals surface area contributed by atoms with Crippen molar-refractivity contribution in [2.45, 2.75) is 90.1 Å². The predicted octanol–water partition coefficient (Wildman–Crippen LogP) is 5.79. The van der Waals surface area contributed by atoms with Crippen molar-refractivity contribution in [3.8, 4) is 0 Å². The fraction of sp³-hybridized carbons (Fsp3) is 0.778. The first-order valence-corrected chi connectivity index (χ1v) is 8.21. The second kappa shape index (κ2) is 15.5. The maximum atomic E-state index is 9.76. The molecule has 1 unspecified atom stereocenters. The molecule has 0 fully saturated rings. The lowest BCUT2D eigenvalue weighted by Crippen LogP contribution is -2.05. The van der Waals surface area contributed by atoms with Gasteiger partial charge in [0.05, 0.1) is 6.10 Å². The van der Waals surface area contributed by atoms with Crippen LogP contribution in [-0.2, 0) is 0 Å². The van der Waals surface area contributed by atoms with E-state index >= 15 is 0 Å². The summed E-state index contributed by atoms with van der Waals surface area (Å²) < 4.78 is 0. The van der Waals surface area contributed by atoms with Gasteiger partial charge < -0.3 is 5.11 Å². The van der Waals surface area contributed by atoms with E-state index in [-0.39, 0.29) is 6.10 Å². The second-order valence-corrected chi connectivity index (χ2v) is 5.49. The third kappa shape index (κ3) is 15.4. The van der Waals surface area contributed by atoms with Gasteiger partial charge in [-0.1, -0.05) is 63.2 Å². The van der Waals surface area contributed by atoms with Crippen molar-refractivity contribution in [1.82, 2.24) is 0 Å². The second-order valence-electron chi connectivity index (χ2n) is 5.49. The Hall–Kier alpha value is -0.560. The Morgan fingerprint density at radius 3 is 2.00 bits per heavy atom. The zero-order chi connectivity index (χ0) is 14.2. The van der Waals surface area contributed by atoms with E-state index in [1.807, 2.05) is 13.0 Å². The smallest absolute Gasteiger partial charge is 0.0543 e. The molecule has 1 nitrogen and oxygen atoms in total. The molecule has 0 spiro atoms. The van der Waals surface area contributed by atoms with E-state index in [0.717, 1.165) is 19.3 Å². The van der Waals surface area contributed by atoms with Crippen LogP contribution < -0.4 is 0 Å². The topological polar surface area (TPSA) is 20.2 Å². The fourth-order valence-electron chi connectivity index (χ4n) is 2.33. The highest BCUT2D eigenvalue weighted by atomic mass is 16.3. The quantitative estimate of drug-likeness (QED) is 0.311. The maximum Gasteiger partial charge on any atom is 0.0543 e. The average Bonchev–Trinajstić information content (AvgIpc) is 2.41. The van der Waals surface area contributed by atoms with E-state index in [9.17, 15) is 5.11 Å². The number of aliphatic hydroxyl groups is 1. The van der Waals surface area contributed by atoms with Gasteiger partial charge in [-0.2, -0.15) is 0 Å². The van der Waals surface area contributed by atoms with Crippen LogP contribution in [-0.4, -0.2) is 11.2 Å². The Morgan fingerprint density at radius 2 is 1.42 bits per heavy atom. The molecule has 1 heteroatoms. The molecule has 0 bridgehead atoms. The molecule has 0 heterocycles. The molecular weight excluding hydrogens is 232 g/mol. The summed E-state index contributed by atoms with van der Waals surface area (Å²) in [5.74, 6) is 0. The summed E-state index contributed by atoms with van der Waals surface area (Å²) in [5.41, 5.74) is 0. The first-order valence-electron chi connectivity index (χ1n) is 8.21. The lowest BCUT2D eigenvalue weighted by atomic mass is 10.0. The molecule has 19 heavy (non-hydrogen) atoms. The van der Waals surface area contributed by atoms with E-state index < -0.39 is 0 Å². The molecule has 0 aliphatic heterocycles. The van der Waals surface area contributed by atoms with Gasteiger partial charge in [-0.25, -0.2) is 0 Å². The van der Waals surface area contributed by atoms with Crippen LogP contribution in [0.25, 0.3) is 0 Å². The molecule has 0 aliphatic rings. The highest BCUT2D eigenvalue weighted by Crippen LogP contribution is 2.13. The number of aliphatic hydroxyl groups excluding tert-OH is 1.